The van der Waals surface area contributed by atoms with Crippen LogP contribution in [0, 0.1) is 0 Å². The molecule has 2 atom stereocenters. The number of rotatable bonds is 8. The van der Waals surface area contributed by atoms with Crippen molar-refractivity contribution in [2.75, 3.05) is 7.11 Å². The van der Waals surface area contributed by atoms with Crippen molar-refractivity contribution in [1.29, 1.82) is 0 Å². The zero-order valence-corrected chi connectivity index (χ0v) is 18.4. The van der Waals surface area contributed by atoms with Gasteiger partial charge in [-0.15, -0.1) is 13.2 Å². The van der Waals surface area contributed by atoms with Crippen molar-refractivity contribution in [2.24, 2.45) is 0 Å². The summed E-state index contributed by atoms with van der Waals surface area (Å²) in [6.45, 7) is 4.30. The van der Waals surface area contributed by atoms with Crippen LogP contribution in [0.15, 0.2) is 42.5 Å². The van der Waals surface area contributed by atoms with Gasteiger partial charge in [0, 0.05) is 18.7 Å². The molecule has 0 amide bonds. The molecule has 1 heterocycles. The summed E-state index contributed by atoms with van der Waals surface area (Å²) >= 11 is 0. The zero-order valence-electron chi connectivity index (χ0n) is 18.4. The fourth-order valence-corrected chi connectivity index (χ4v) is 4.07. The molecule has 1 fully saturated rings. The molecule has 3 rings (SSSR count). The largest absolute Gasteiger partial charge is 0.573 e. The lowest BCUT2D eigenvalue weighted by Crippen LogP contribution is -2.42. The molecule has 32 heavy (non-hydrogen) atoms. The van der Waals surface area contributed by atoms with Gasteiger partial charge >= 0.3 is 6.36 Å². The van der Waals surface area contributed by atoms with E-state index in [1.165, 1.54) is 12.1 Å². The van der Waals surface area contributed by atoms with Gasteiger partial charge in [-0.25, -0.2) is 0 Å². The molecule has 5 nitrogen and oxygen atoms in total. The Bertz CT molecular complexity index is 899. The first-order valence-corrected chi connectivity index (χ1v) is 10.6. The average molecular weight is 451 g/mol. The minimum absolute atomic E-state index is 0.00225. The molecule has 2 unspecified atom stereocenters. The first-order chi connectivity index (χ1) is 15.2. The molecule has 0 aromatic heterocycles. The highest BCUT2D eigenvalue weighted by molar-refractivity contribution is 5.58. The first-order valence-electron chi connectivity index (χ1n) is 10.6. The molecule has 1 saturated heterocycles. The smallest absolute Gasteiger partial charge is 0.497 e. The topological polar surface area (TPSA) is 48.0 Å². The Morgan fingerprint density at radius 3 is 2.34 bits per heavy atom. The number of aldehydes is 1. The number of piperidine rings is 1. The van der Waals surface area contributed by atoms with Gasteiger partial charge < -0.3 is 19.0 Å². The van der Waals surface area contributed by atoms with E-state index in [1.807, 2.05) is 32.0 Å². The summed E-state index contributed by atoms with van der Waals surface area (Å²) < 4.78 is 52.6. The number of ether oxygens (including phenoxy) is 3. The predicted molar refractivity (Wildman–Crippen MR) is 114 cm³/mol. The van der Waals surface area contributed by atoms with Gasteiger partial charge in [-0.2, -0.15) is 0 Å². The summed E-state index contributed by atoms with van der Waals surface area (Å²) in [6.07, 6.45) is -1.33. The Balaban J connectivity index is 1.88. The number of hydrogen-bond acceptors (Lipinski definition) is 5. The molecule has 0 bridgehead atoms. The van der Waals surface area contributed by atoms with Crippen LogP contribution in [-0.4, -0.2) is 36.8 Å². The van der Waals surface area contributed by atoms with E-state index in [4.69, 9.17) is 9.47 Å². The number of methoxy groups -OCH3 is 1. The number of halogens is 3. The van der Waals surface area contributed by atoms with Gasteiger partial charge in [-0.05, 0) is 68.5 Å². The van der Waals surface area contributed by atoms with Crippen LogP contribution < -0.4 is 14.2 Å². The first kappa shape index (κ1) is 23.9. The van der Waals surface area contributed by atoms with Crippen LogP contribution in [0.5, 0.6) is 17.2 Å². The molecule has 2 aromatic carbocycles. The van der Waals surface area contributed by atoms with Crippen molar-refractivity contribution >= 4 is 6.29 Å². The van der Waals surface area contributed by atoms with Gasteiger partial charge in [0.05, 0.1) is 19.3 Å². The summed E-state index contributed by atoms with van der Waals surface area (Å²) in [5.41, 5.74) is 1.77. The van der Waals surface area contributed by atoms with Gasteiger partial charge in [0.2, 0.25) is 0 Å². The fourth-order valence-electron chi connectivity index (χ4n) is 4.07. The van der Waals surface area contributed by atoms with Crippen molar-refractivity contribution in [1.82, 2.24) is 4.90 Å². The van der Waals surface area contributed by atoms with Gasteiger partial charge in [-0.1, -0.05) is 12.1 Å². The van der Waals surface area contributed by atoms with Crippen molar-refractivity contribution in [3.05, 3.63) is 53.6 Å². The Kier molecular flexibility index (Phi) is 7.66. The second-order valence-corrected chi connectivity index (χ2v) is 8.12. The number of carbonyl (C=O) groups is 1. The van der Waals surface area contributed by atoms with Crippen LogP contribution in [0.1, 0.15) is 50.3 Å². The molecular formula is C24H28F3NO4. The maximum Gasteiger partial charge on any atom is 0.573 e. The Morgan fingerprint density at radius 2 is 1.75 bits per heavy atom. The standard InChI is InChI=1S/C24H28F3NO4/c1-16(2)31-22-12-18(11-21(13-22)30-3)23-6-4-5-19(15-29)28(23)14-17-7-9-20(10-8-17)32-24(25,26)27/h7-13,15-16,19,23H,4-6,14H2,1-3H3. The van der Waals surface area contributed by atoms with Crippen LogP contribution >= 0.6 is 0 Å². The highest BCUT2D eigenvalue weighted by Crippen LogP contribution is 2.38. The van der Waals surface area contributed by atoms with Crippen molar-refractivity contribution in [2.45, 2.75) is 64.2 Å². The molecule has 0 aliphatic carbocycles. The Hall–Kier alpha value is -2.74. The van der Waals surface area contributed by atoms with E-state index in [0.717, 1.165) is 36.7 Å². The van der Waals surface area contributed by atoms with E-state index in [2.05, 4.69) is 9.64 Å². The van der Waals surface area contributed by atoms with Gasteiger partial charge in [0.25, 0.3) is 0 Å². The predicted octanol–water partition coefficient (Wildman–Crippen LogP) is 5.68. The molecule has 1 aliphatic rings. The number of carbonyl (C=O) groups excluding carboxylic acids is 1. The molecule has 0 radical (unpaired) electrons. The molecule has 1 aliphatic heterocycles. The normalized spacial score (nSPS) is 19.6. The van der Waals surface area contributed by atoms with E-state index in [-0.39, 0.29) is 23.9 Å². The highest BCUT2D eigenvalue weighted by atomic mass is 19.4. The minimum atomic E-state index is -4.73. The number of benzene rings is 2. The summed E-state index contributed by atoms with van der Waals surface area (Å²) in [4.78, 5) is 13.9. The third kappa shape index (κ3) is 6.38. The van der Waals surface area contributed by atoms with Crippen molar-refractivity contribution in [3.8, 4) is 17.2 Å². The number of likely N-dealkylation sites (tertiary alicyclic amines) is 1. The lowest BCUT2D eigenvalue weighted by atomic mass is 9.90. The maximum atomic E-state index is 12.4. The highest BCUT2D eigenvalue weighted by Gasteiger charge is 2.33. The summed E-state index contributed by atoms with van der Waals surface area (Å²) in [6, 6.07) is 11.1. The monoisotopic (exact) mass is 451 g/mol. The second-order valence-electron chi connectivity index (χ2n) is 8.12. The van der Waals surface area contributed by atoms with E-state index >= 15 is 0 Å². The second kappa shape index (κ2) is 10.3. The molecule has 0 N–H and O–H groups in total. The third-order valence-electron chi connectivity index (χ3n) is 5.38. The van der Waals surface area contributed by atoms with Gasteiger partial charge in [0.1, 0.15) is 23.5 Å². The van der Waals surface area contributed by atoms with Crippen LogP contribution in [0.4, 0.5) is 13.2 Å². The van der Waals surface area contributed by atoms with E-state index in [9.17, 15) is 18.0 Å². The summed E-state index contributed by atoms with van der Waals surface area (Å²) in [7, 11) is 1.59. The van der Waals surface area contributed by atoms with Crippen LogP contribution in [0.3, 0.4) is 0 Å². The number of alkyl halides is 3. The average Bonchev–Trinajstić information content (AvgIpc) is 2.73. The molecule has 2 aromatic rings. The van der Waals surface area contributed by atoms with Gasteiger partial charge in [-0.3, -0.25) is 4.90 Å². The number of nitrogens with zero attached hydrogens (tertiary/aromatic N) is 1. The van der Waals surface area contributed by atoms with E-state index in [0.29, 0.717) is 18.0 Å². The minimum Gasteiger partial charge on any atom is -0.497 e. The Labute approximate surface area is 186 Å². The Morgan fingerprint density at radius 1 is 1.06 bits per heavy atom. The third-order valence-corrected chi connectivity index (χ3v) is 5.38. The molecule has 0 spiro atoms. The molecular weight excluding hydrogens is 423 g/mol. The molecule has 174 valence electrons. The zero-order chi connectivity index (χ0) is 23.3. The maximum absolute atomic E-state index is 12.4. The summed E-state index contributed by atoms with van der Waals surface area (Å²) in [5, 5.41) is 0. The van der Waals surface area contributed by atoms with E-state index in [1.54, 1.807) is 19.2 Å². The quantitative estimate of drug-likeness (QED) is 0.484. The fraction of sp³-hybridized carbons (Fsp3) is 0.458. The van der Waals surface area contributed by atoms with Gasteiger partial charge in [0.15, 0.2) is 0 Å². The van der Waals surface area contributed by atoms with Crippen molar-refractivity contribution < 1.29 is 32.2 Å². The molecule has 0 saturated carbocycles. The van der Waals surface area contributed by atoms with E-state index < -0.39 is 6.36 Å². The van der Waals surface area contributed by atoms with Crippen molar-refractivity contribution in [3.63, 3.8) is 0 Å². The molecule has 8 heteroatoms. The van der Waals surface area contributed by atoms with Crippen LogP contribution in [-0.2, 0) is 11.3 Å². The lowest BCUT2D eigenvalue weighted by Gasteiger charge is -2.40. The number of hydrogen-bond donors (Lipinski definition) is 0. The van der Waals surface area contributed by atoms with Crippen LogP contribution in [0.25, 0.3) is 0 Å². The SMILES string of the molecule is COc1cc(OC(C)C)cc(C2CCCC(C=O)N2Cc2ccc(OC(F)(F)F)cc2)c1. The summed E-state index contributed by atoms with van der Waals surface area (Å²) in [5.74, 6) is 1.09. The van der Waals surface area contributed by atoms with Crippen LogP contribution in [0.2, 0.25) is 0 Å². The lowest BCUT2D eigenvalue weighted by molar-refractivity contribution is -0.274.